The smallest absolute Gasteiger partial charge is 0.371 e. The highest BCUT2D eigenvalue weighted by molar-refractivity contribution is 5.84. The summed E-state index contributed by atoms with van der Waals surface area (Å²) in [4.78, 5) is 22.3. The molecule has 2 rings (SSSR count). The zero-order valence-electron chi connectivity index (χ0n) is 10.0. The largest absolute Gasteiger partial charge is 0.475 e. The van der Waals surface area contributed by atoms with Gasteiger partial charge in [-0.3, -0.25) is 4.79 Å². The van der Waals surface area contributed by atoms with Crippen LogP contribution in [0.3, 0.4) is 0 Å². The van der Waals surface area contributed by atoms with Gasteiger partial charge in [-0.25, -0.2) is 9.48 Å². The van der Waals surface area contributed by atoms with E-state index in [-0.39, 0.29) is 17.9 Å². The summed E-state index contributed by atoms with van der Waals surface area (Å²) in [6.45, 7) is 3.63. The Labute approximate surface area is 102 Å². The topological polar surface area (TPSA) is 85.3 Å². The van der Waals surface area contributed by atoms with Crippen molar-refractivity contribution in [2.24, 2.45) is 0 Å². The molecule has 0 radical (unpaired) electrons. The minimum atomic E-state index is -1.13. The summed E-state index contributed by atoms with van der Waals surface area (Å²) >= 11 is 0. The summed E-state index contributed by atoms with van der Waals surface area (Å²) in [5.74, 6) is -0.792. The fraction of sp³-hybridized carbons (Fsp3) is 0.250. The summed E-state index contributed by atoms with van der Waals surface area (Å²) in [6, 6.07) is 4.47. The van der Waals surface area contributed by atoms with Gasteiger partial charge in [0.15, 0.2) is 0 Å². The van der Waals surface area contributed by atoms with Crippen molar-refractivity contribution in [3.8, 4) is 0 Å². The van der Waals surface area contributed by atoms with Crippen LogP contribution in [0.1, 0.15) is 27.6 Å². The molecule has 0 saturated carbocycles. The van der Waals surface area contributed by atoms with Gasteiger partial charge in [0, 0.05) is 11.6 Å². The maximum absolute atomic E-state index is 11.6. The SMILES string of the molecule is Cc1ccc(=O)n(Cc2cc(C(=O)O)oc2C)n1. The first-order valence-electron chi connectivity index (χ1n) is 5.35. The van der Waals surface area contributed by atoms with E-state index in [2.05, 4.69) is 5.10 Å². The van der Waals surface area contributed by atoms with Crippen LogP contribution in [0.2, 0.25) is 0 Å². The summed E-state index contributed by atoms with van der Waals surface area (Å²) in [7, 11) is 0. The van der Waals surface area contributed by atoms with Crippen LogP contribution in [0.15, 0.2) is 27.4 Å². The van der Waals surface area contributed by atoms with E-state index in [9.17, 15) is 9.59 Å². The van der Waals surface area contributed by atoms with Crippen molar-refractivity contribution in [3.05, 3.63) is 51.3 Å². The first kappa shape index (κ1) is 12.1. The lowest BCUT2D eigenvalue weighted by atomic mass is 10.2. The van der Waals surface area contributed by atoms with Crippen LogP contribution in [0.5, 0.6) is 0 Å². The van der Waals surface area contributed by atoms with Crippen molar-refractivity contribution in [2.45, 2.75) is 20.4 Å². The van der Waals surface area contributed by atoms with E-state index in [4.69, 9.17) is 9.52 Å². The first-order chi connectivity index (χ1) is 8.47. The van der Waals surface area contributed by atoms with Crippen LogP contribution in [0.4, 0.5) is 0 Å². The molecule has 94 valence electrons. The summed E-state index contributed by atoms with van der Waals surface area (Å²) < 4.78 is 6.35. The van der Waals surface area contributed by atoms with Gasteiger partial charge in [-0.1, -0.05) is 0 Å². The lowest BCUT2D eigenvalue weighted by Gasteiger charge is -2.03. The van der Waals surface area contributed by atoms with Crippen LogP contribution >= 0.6 is 0 Å². The Morgan fingerprint density at radius 2 is 2.17 bits per heavy atom. The number of furan rings is 1. The Balaban J connectivity index is 2.37. The molecular formula is C12H12N2O4. The minimum Gasteiger partial charge on any atom is -0.475 e. The molecule has 0 unspecified atom stereocenters. The number of aryl methyl sites for hydroxylation is 2. The number of rotatable bonds is 3. The fourth-order valence-corrected chi connectivity index (χ4v) is 1.61. The monoisotopic (exact) mass is 248 g/mol. The lowest BCUT2D eigenvalue weighted by Crippen LogP contribution is -2.23. The Morgan fingerprint density at radius 1 is 1.44 bits per heavy atom. The molecule has 2 aromatic heterocycles. The molecule has 0 aliphatic rings. The Hall–Kier alpha value is -2.37. The molecule has 0 bridgehead atoms. The van der Waals surface area contributed by atoms with Crippen molar-refractivity contribution in [1.82, 2.24) is 9.78 Å². The van der Waals surface area contributed by atoms with Gasteiger partial charge >= 0.3 is 5.97 Å². The van der Waals surface area contributed by atoms with E-state index in [0.29, 0.717) is 17.0 Å². The van der Waals surface area contributed by atoms with Crippen molar-refractivity contribution in [2.75, 3.05) is 0 Å². The van der Waals surface area contributed by atoms with Gasteiger partial charge in [0.2, 0.25) is 5.76 Å². The standard InChI is InChI=1S/C12H12N2O4/c1-7-3-4-11(15)14(13-7)6-9-5-10(12(16)17)18-8(9)2/h3-5H,6H2,1-2H3,(H,16,17). The number of aromatic nitrogens is 2. The molecule has 0 aliphatic heterocycles. The normalized spacial score (nSPS) is 10.6. The number of carbonyl (C=O) groups is 1. The molecule has 2 aromatic rings. The van der Waals surface area contributed by atoms with Gasteiger partial charge in [0.25, 0.3) is 5.56 Å². The van der Waals surface area contributed by atoms with Gasteiger partial charge in [0.1, 0.15) is 5.76 Å². The highest BCUT2D eigenvalue weighted by Crippen LogP contribution is 2.15. The summed E-state index contributed by atoms with van der Waals surface area (Å²) in [5.41, 5.74) is 1.11. The zero-order chi connectivity index (χ0) is 13.3. The molecular weight excluding hydrogens is 236 g/mol. The van der Waals surface area contributed by atoms with Crippen molar-refractivity contribution in [3.63, 3.8) is 0 Å². The molecule has 2 heterocycles. The highest BCUT2D eigenvalue weighted by Gasteiger charge is 2.14. The second-order valence-corrected chi connectivity index (χ2v) is 3.97. The van der Waals surface area contributed by atoms with Crippen LogP contribution in [-0.2, 0) is 6.54 Å². The number of carboxylic acid groups (broad SMARTS) is 1. The number of carboxylic acids is 1. The molecule has 0 aliphatic carbocycles. The molecule has 1 N–H and O–H groups in total. The number of hydrogen-bond donors (Lipinski definition) is 1. The summed E-state index contributed by atoms with van der Waals surface area (Å²) in [5, 5.41) is 12.9. The van der Waals surface area contributed by atoms with Crippen molar-refractivity contribution < 1.29 is 14.3 Å². The fourth-order valence-electron chi connectivity index (χ4n) is 1.61. The van der Waals surface area contributed by atoms with Gasteiger partial charge in [-0.15, -0.1) is 0 Å². The Morgan fingerprint density at radius 3 is 2.78 bits per heavy atom. The van der Waals surface area contributed by atoms with E-state index in [1.54, 1.807) is 19.9 Å². The Bertz CT molecular complexity index is 654. The minimum absolute atomic E-state index is 0.136. The third-order valence-corrected chi connectivity index (χ3v) is 2.55. The molecule has 0 fully saturated rings. The van der Waals surface area contributed by atoms with Crippen LogP contribution in [-0.4, -0.2) is 20.9 Å². The van der Waals surface area contributed by atoms with Gasteiger partial charge in [0.05, 0.1) is 12.2 Å². The zero-order valence-corrected chi connectivity index (χ0v) is 10.0. The second kappa shape index (κ2) is 4.48. The number of aromatic carboxylic acids is 1. The van der Waals surface area contributed by atoms with Crippen LogP contribution < -0.4 is 5.56 Å². The van der Waals surface area contributed by atoms with Gasteiger partial charge in [-0.2, -0.15) is 5.10 Å². The third-order valence-electron chi connectivity index (χ3n) is 2.55. The van der Waals surface area contributed by atoms with Crippen LogP contribution in [0, 0.1) is 13.8 Å². The molecule has 0 amide bonds. The molecule has 18 heavy (non-hydrogen) atoms. The first-order valence-corrected chi connectivity index (χ1v) is 5.35. The molecule has 6 nitrogen and oxygen atoms in total. The van der Waals surface area contributed by atoms with E-state index < -0.39 is 5.97 Å². The van der Waals surface area contributed by atoms with E-state index in [1.165, 1.54) is 16.8 Å². The van der Waals surface area contributed by atoms with Gasteiger partial charge in [-0.05, 0) is 26.0 Å². The maximum Gasteiger partial charge on any atom is 0.371 e. The Kier molecular flexibility index (Phi) is 3.01. The predicted octanol–water partition coefficient (Wildman–Crippen LogP) is 1.20. The van der Waals surface area contributed by atoms with E-state index in [0.717, 1.165) is 0 Å². The second-order valence-electron chi connectivity index (χ2n) is 3.97. The highest BCUT2D eigenvalue weighted by atomic mass is 16.4. The van der Waals surface area contributed by atoms with Gasteiger partial charge < -0.3 is 9.52 Å². The predicted molar refractivity (Wildman–Crippen MR) is 62.7 cm³/mol. The number of nitrogens with zero attached hydrogens (tertiary/aromatic N) is 2. The van der Waals surface area contributed by atoms with Crippen molar-refractivity contribution >= 4 is 5.97 Å². The molecule has 0 aromatic carbocycles. The third kappa shape index (κ3) is 2.32. The van der Waals surface area contributed by atoms with E-state index in [1.807, 2.05) is 0 Å². The lowest BCUT2D eigenvalue weighted by molar-refractivity contribution is 0.0661. The molecule has 0 spiro atoms. The summed E-state index contributed by atoms with van der Waals surface area (Å²) in [6.07, 6.45) is 0. The number of hydrogen-bond acceptors (Lipinski definition) is 4. The average molecular weight is 248 g/mol. The maximum atomic E-state index is 11.6. The van der Waals surface area contributed by atoms with E-state index >= 15 is 0 Å². The average Bonchev–Trinajstić information content (AvgIpc) is 2.66. The molecule has 0 saturated heterocycles. The molecule has 6 heteroatoms. The van der Waals surface area contributed by atoms with Crippen molar-refractivity contribution in [1.29, 1.82) is 0 Å². The van der Waals surface area contributed by atoms with Crippen LogP contribution in [0.25, 0.3) is 0 Å². The quantitative estimate of drug-likeness (QED) is 0.882. The molecule has 0 atom stereocenters.